The lowest BCUT2D eigenvalue weighted by molar-refractivity contribution is -0.115. The van der Waals surface area contributed by atoms with Crippen LogP contribution in [0.1, 0.15) is 5.56 Å². The van der Waals surface area contributed by atoms with Crippen LogP contribution in [0, 0.1) is 0 Å². The zero-order valence-corrected chi connectivity index (χ0v) is 11.6. The number of benzene rings is 1. The summed E-state index contributed by atoms with van der Waals surface area (Å²) in [4.78, 5) is 11.7. The summed E-state index contributed by atoms with van der Waals surface area (Å²) in [7, 11) is -2.39. The number of nitrogens with two attached hydrogens (primary N) is 1. The number of rotatable bonds is 4. The number of carbonyl (C=O) groups is 1. The zero-order chi connectivity index (χ0) is 14.8. The van der Waals surface area contributed by atoms with Crippen molar-refractivity contribution in [1.82, 2.24) is 9.78 Å². The minimum atomic E-state index is -3.93. The van der Waals surface area contributed by atoms with Gasteiger partial charge in [-0.3, -0.25) is 9.48 Å². The van der Waals surface area contributed by atoms with Crippen LogP contribution in [0.2, 0.25) is 0 Å². The number of aromatic nitrogens is 2. The van der Waals surface area contributed by atoms with Crippen LogP contribution in [0.15, 0.2) is 41.4 Å². The molecule has 2 aromatic rings. The Morgan fingerprint density at radius 1 is 1.35 bits per heavy atom. The molecule has 1 heterocycles. The highest BCUT2D eigenvalue weighted by atomic mass is 32.2. The standard InChI is InChI=1S/C12H14N4O3S/c1-16-8-10(20(13,18)19)12(15-16)14-11(17)7-9-5-3-2-4-6-9/h2-6,8H,7H2,1H3,(H2,13,18,19)(H,14,15,17). The van der Waals surface area contributed by atoms with Gasteiger partial charge in [0.25, 0.3) is 0 Å². The van der Waals surface area contributed by atoms with Gasteiger partial charge in [0.05, 0.1) is 6.42 Å². The zero-order valence-electron chi connectivity index (χ0n) is 10.8. The van der Waals surface area contributed by atoms with Gasteiger partial charge in [0.2, 0.25) is 15.9 Å². The Labute approximate surface area is 116 Å². The van der Waals surface area contributed by atoms with E-state index < -0.39 is 10.0 Å². The third-order valence-electron chi connectivity index (χ3n) is 2.57. The van der Waals surface area contributed by atoms with Crippen molar-refractivity contribution in [2.75, 3.05) is 5.32 Å². The first-order chi connectivity index (χ1) is 9.36. The molecule has 1 aromatic carbocycles. The number of sulfonamides is 1. The van der Waals surface area contributed by atoms with Crippen molar-refractivity contribution in [3.8, 4) is 0 Å². The van der Waals surface area contributed by atoms with Crippen LogP contribution in [0.5, 0.6) is 0 Å². The Hall–Kier alpha value is -2.19. The minimum Gasteiger partial charge on any atom is -0.308 e. The summed E-state index contributed by atoms with van der Waals surface area (Å²) < 4.78 is 24.0. The molecule has 1 aromatic heterocycles. The van der Waals surface area contributed by atoms with Crippen LogP contribution in [0.25, 0.3) is 0 Å². The van der Waals surface area contributed by atoms with Gasteiger partial charge in [-0.05, 0) is 5.56 Å². The molecule has 0 aliphatic heterocycles. The van der Waals surface area contributed by atoms with E-state index in [4.69, 9.17) is 5.14 Å². The highest BCUT2D eigenvalue weighted by Gasteiger charge is 2.19. The predicted molar refractivity (Wildman–Crippen MR) is 73.4 cm³/mol. The smallest absolute Gasteiger partial charge is 0.243 e. The third-order valence-corrected chi connectivity index (χ3v) is 3.48. The molecule has 106 valence electrons. The second kappa shape index (κ2) is 5.43. The summed E-state index contributed by atoms with van der Waals surface area (Å²) >= 11 is 0. The van der Waals surface area contributed by atoms with Crippen LogP contribution in [-0.2, 0) is 28.3 Å². The SMILES string of the molecule is Cn1cc(S(N)(=O)=O)c(NC(=O)Cc2ccccc2)n1. The van der Waals surface area contributed by atoms with Gasteiger partial charge in [-0.15, -0.1) is 0 Å². The van der Waals surface area contributed by atoms with Crippen LogP contribution in [0.4, 0.5) is 5.82 Å². The number of nitrogens with zero attached hydrogens (tertiary/aromatic N) is 2. The van der Waals surface area contributed by atoms with E-state index in [-0.39, 0.29) is 23.0 Å². The van der Waals surface area contributed by atoms with Crippen molar-refractivity contribution in [1.29, 1.82) is 0 Å². The molecule has 3 N–H and O–H groups in total. The molecule has 0 atom stereocenters. The van der Waals surface area contributed by atoms with Crippen molar-refractivity contribution in [2.45, 2.75) is 11.3 Å². The van der Waals surface area contributed by atoms with Crippen LogP contribution in [-0.4, -0.2) is 24.1 Å². The molecular weight excluding hydrogens is 280 g/mol. The first-order valence-electron chi connectivity index (χ1n) is 5.76. The Balaban J connectivity index is 2.17. The van der Waals surface area contributed by atoms with Gasteiger partial charge in [0.15, 0.2) is 5.82 Å². The molecule has 0 saturated heterocycles. The van der Waals surface area contributed by atoms with Gasteiger partial charge in [-0.1, -0.05) is 30.3 Å². The monoisotopic (exact) mass is 294 g/mol. The van der Waals surface area contributed by atoms with Crippen molar-refractivity contribution >= 4 is 21.7 Å². The minimum absolute atomic E-state index is 0.0593. The van der Waals surface area contributed by atoms with Gasteiger partial charge in [0.1, 0.15) is 4.90 Å². The Morgan fingerprint density at radius 2 is 2.00 bits per heavy atom. The van der Waals surface area contributed by atoms with Crippen molar-refractivity contribution in [3.05, 3.63) is 42.1 Å². The van der Waals surface area contributed by atoms with E-state index in [1.807, 2.05) is 18.2 Å². The normalized spacial score (nSPS) is 11.3. The largest absolute Gasteiger partial charge is 0.308 e. The number of hydrogen-bond donors (Lipinski definition) is 2. The highest BCUT2D eigenvalue weighted by Crippen LogP contribution is 2.17. The quantitative estimate of drug-likeness (QED) is 0.842. The van der Waals surface area contributed by atoms with E-state index in [2.05, 4.69) is 10.4 Å². The number of aryl methyl sites for hydroxylation is 1. The lowest BCUT2D eigenvalue weighted by atomic mass is 10.1. The van der Waals surface area contributed by atoms with E-state index >= 15 is 0 Å². The molecule has 0 fully saturated rings. The van der Waals surface area contributed by atoms with Gasteiger partial charge in [-0.2, -0.15) is 5.10 Å². The van der Waals surface area contributed by atoms with E-state index in [0.29, 0.717) is 0 Å². The molecule has 0 saturated carbocycles. The average molecular weight is 294 g/mol. The fraction of sp³-hybridized carbons (Fsp3) is 0.167. The second-order valence-electron chi connectivity index (χ2n) is 4.27. The molecular formula is C12H14N4O3S. The maximum Gasteiger partial charge on any atom is 0.243 e. The molecule has 8 heteroatoms. The summed E-state index contributed by atoms with van der Waals surface area (Å²) in [6, 6.07) is 9.09. The Morgan fingerprint density at radius 3 is 2.60 bits per heavy atom. The van der Waals surface area contributed by atoms with Crippen LogP contribution < -0.4 is 10.5 Å². The molecule has 20 heavy (non-hydrogen) atoms. The maximum absolute atomic E-state index is 11.9. The Bertz CT molecular complexity index is 722. The van der Waals surface area contributed by atoms with E-state index in [0.717, 1.165) is 5.56 Å². The van der Waals surface area contributed by atoms with Crippen molar-refractivity contribution in [3.63, 3.8) is 0 Å². The molecule has 0 unspecified atom stereocenters. The van der Waals surface area contributed by atoms with E-state index in [1.165, 1.54) is 10.9 Å². The summed E-state index contributed by atoms with van der Waals surface area (Å²) in [5, 5.41) is 11.4. The van der Waals surface area contributed by atoms with Crippen molar-refractivity contribution < 1.29 is 13.2 Å². The summed E-state index contributed by atoms with van der Waals surface area (Å²) in [5.74, 6) is -0.421. The molecule has 0 spiro atoms. The number of nitrogens with one attached hydrogen (secondary N) is 1. The lowest BCUT2D eigenvalue weighted by Gasteiger charge is -2.04. The van der Waals surface area contributed by atoms with Crippen molar-refractivity contribution in [2.24, 2.45) is 12.2 Å². The first kappa shape index (κ1) is 14.2. The highest BCUT2D eigenvalue weighted by molar-refractivity contribution is 7.89. The Kier molecular flexibility index (Phi) is 3.86. The van der Waals surface area contributed by atoms with Gasteiger partial charge in [0, 0.05) is 13.2 Å². The number of anilines is 1. The van der Waals surface area contributed by atoms with E-state index in [9.17, 15) is 13.2 Å². The lowest BCUT2D eigenvalue weighted by Crippen LogP contribution is -2.19. The third kappa shape index (κ3) is 3.43. The van der Waals surface area contributed by atoms with Gasteiger partial charge >= 0.3 is 0 Å². The van der Waals surface area contributed by atoms with Gasteiger partial charge < -0.3 is 5.32 Å². The number of amides is 1. The number of carbonyl (C=O) groups excluding carboxylic acids is 1. The maximum atomic E-state index is 11.9. The van der Waals surface area contributed by atoms with Crippen LogP contribution >= 0.6 is 0 Å². The summed E-state index contributed by atoms with van der Waals surface area (Å²) in [6.45, 7) is 0. The number of hydrogen-bond acceptors (Lipinski definition) is 4. The fourth-order valence-electron chi connectivity index (χ4n) is 1.72. The molecule has 0 bridgehead atoms. The van der Waals surface area contributed by atoms with E-state index in [1.54, 1.807) is 19.2 Å². The first-order valence-corrected chi connectivity index (χ1v) is 7.31. The molecule has 0 aliphatic carbocycles. The molecule has 2 rings (SSSR count). The average Bonchev–Trinajstić information content (AvgIpc) is 2.71. The summed E-state index contributed by atoms with van der Waals surface area (Å²) in [5.41, 5.74) is 0.818. The molecule has 7 nitrogen and oxygen atoms in total. The fourth-order valence-corrected chi connectivity index (χ4v) is 2.38. The molecule has 0 aliphatic rings. The molecule has 1 amide bonds. The topological polar surface area (TPSA) is 107 Å². The molecule has 0 radical (unpaired) electrons. The van der Waals surface area contributed by atoms with Gasteiger partial charge in [-0.25, -0.2) is 13.6 Å². The predicted octanol–water partition coefficient (Wildman–Crippen LogP) is 0.249. The second-order valence-corrected chi connectivity index (χ2v) is 5.80. The summed E-state index contributed by atoms with van der Waals surface area (Å²) in [6.07, 6.45) is 1.37. The number of primary sulfonamides is 1. The van der Waals surface area contributed by atoms with Crippen LogP contribution in [0.3, 0.4) is 0 Å².